The fourth-order valence-corrected chi connectivity index (χ4v) is 4.43. The normalized spacial score (nSPS) is 13.7. The molecule has 3 aromatic rings. The van der Waals surface area contributed by atoms with Crippen LogP contribution >= 0.6 is 11.3 Å². The van der Waals surface area contributed by atoms with Crippen LogP contribution in [0.15, 0.2) is 24.5 Å². The maximum atomic E-state index is 11.2. The van der Waals surface area contributed by atoms with Gasteiger partial charge in [-0.2, -0.15) is 0 Å². The number of anilines is 2. The summed E-state index contributed by atoms with van der Waals surface area (Å²) in [7, 11) is 0. The first-order valence-corrected chi connectivity index (χ1v) is 8.81. The first kappa shape index (κ1) is 15.1. The monoisotopic (exact) mass is 339 g/mol. The number of nitrogens with one attached hydrogen (secondary N) is 1. The van der Waals surface area contributed by atoms with Crippen LogP contribution in [0.5, 0.6) is 0 Å². The number of aromatic carboxylic acids is 1. The highest BCUT2D eigenvalue weighted by Crippen LogP contribution is 2.39. The average molecular weight is 339 g/mol. The molecule has 1 aliphatic rings. The number of hydrogen-bond donors (Lipinski definition) is 2. The lowest BCUT2D eigenvalue weighted by molar-refractivity contribution is 0.0697. The van der Waals surface area contributed by atoms with Crippen LogP contribution in [-0.2, 0) is 12.8 Å². The minimum absolute atomic E-state index is 0.265. The molecule has 0 radical (unpaired) electrons. The number of carboxylic acid groups (broad SMARTS) is 1. The molecule has 1 aromatic carbocycles. The molecule has 2 N–H and O–H groups in total. The maximum absolute atomic E-state index is 11.2. The Bertz CT molecular complexity index is 949. The molecular formula is C18H17N3O2S. The zero-order valence-corrected chi connectivity index (χ0v) is 14.1. The molecule has 0 unspecified atom stereocenters. The molecule has 0 amide bonds. The van der Waals surface area contributed by atoms with Crippen molar-refractivity contribution in [2.24, 2.45) is 0 Å². The van der Waals surface area contributed by atoms with E-state index in [1.54, 1.807) is 29.8 Å². The Morgan fingerprint density at radius 2 is 2.08 bits per heavy atom. The smallest absolute Gasteiger partial charge is 0.335 e. The predicted molar refractivity (Wildman–Crippen MR) is 95.5 cm³/mol. The summed E-state index contributed by atoms with van der Waals surface area (Å²) in [5, 5.41) is 13.6. The third-order valence-corrected chi connectivity index (χ3v) is 5.69. The van der Waals surface area contributed by atoms with Gasteiger partial charge in [0.25, 0.3) is 0 Å². The topological polar surface area (TPSA) is 75.1 Å². The number of carboxylic acids is 1. The average Bonchev–Trinajstić information content (AvgIpc) is 2.96. The van der Waals surface area contributed by atoms with Crippen LogP contribution in [0.2, 0.25) is 0 Å². The van der Waals surface area contributed by atoms with Crippen LogP contribution in [0.4, 0.5) is 11.5 Å². The number of thiophene rings is 1. The van der Waals surface area contributed by atoms with Crippen molar-refractivity contribution in [1.82, 2.24) is 9.97 Å². The van der Waals surface area contributed by atoms with Gasteiger partial charge in [-0.1, -0.05) is 6.07 Å². The zero-order chi connectivity index (χ0) is 16.7. The van der Waals surface area contributed by atoms with Crippen LogP contribution in [0.25, 0.3) is 10.2 Å². The van der Waals surface area contributed by atoms with Crippen LogP contribution < -0.4 is 5.32 Å². The van der Waals surface area contributed by atoms with E-state index in [1.807, 2.05) is 13.0 Å². The lowest BCUT2D eigenvalue weighted by atomic mass is 9.97. The molecule has 5 nitrogen and oxygen atoms in total. The molecular weight excluding hydrogens is 322 g/mol. The van der Waals surface area contributed by atoms with Gasteiger partial charge in [-0.25, -0.2) is 14.8 Å². The number of aromatic nitrogens is 2. The molecule has 0 saturated heterocycles. The van der Waals surface area contributed by atoms with Crippen molar-refractivity contribution in [3.05, 3.63) is 46.1 Å². The second kappa shape index (κ2) is 5.87. The van der Waals surface area contributed by atoms with Crippen molar-refractivity contribution in [3.8, 4) is 0 Å². The van der Waals surface area contributed by atoms with Crippen molar-refractivity contribution in [3.63, 3.8) is 0 Å². The summed E-state index contributed by atoms with van der Waals surface area (Å²) in [6.45, 7) is 1.95. The fraction of sp³-hybridized carbons (Fsp3) is 0.278. The van der Waals surface area contributed by atoms with Gasteiger partial charge in [-0.05, 0) is 55.9 Å². The molecule has 0 saturated carbocycles. The van der Waals surface area contributed by atoms with Crippen LogP contribution in [-0.4, -0.2) is 21.0 Å². The van der Waals surface area contributed by atoms with Gasteiger partial charge in [-0.3, -0.25) is 0 Å². The number of fused-ring (bicyclic) bond motifs is 3. The van der Waals surface area contributed by atoms with E-state index in [1.165, 1.54) is 23.3 Å². The van der Waals surface area contributed by atoms with E-state index in [0.29, 0.717) is 0 Å². The van der Waals surface area contributed by atoms with E-state index in [4.69, 9.17) is 0 Å². The lowest BCUT2D eigenvalue weighted by Crippen LogP contribution is -2.03. The molecule has 6 heteroatoms. The van der Waals surface area contributed by atoms with E-state index in [-0.39, 0.29) is 5.56 Å². The minimum atomic E-state index is -0.932. The number of hydrogen-bond acceptors (Lipinski definition) is 5. The van der Waals surface area contributed by atoms with Gasteiger partial charge in [-0.15, -0.1) is 11.3 Å². The quantitative estimate of drug-likeness (QED) is 0.743. The Hall–Kier alpha value is -2.47. The van der Waals surface area contributed by atoms with Gasteiger partial charge in [0.15, 0.2) is 0 Å². The molecule has 4 rings (SSSR count). The summed E-state index contributed by atoms with van der Waals surface area (Å²) < 4.78 is 0. The first-order chi connectivity index (χ1) is 11.6. The molecule has 2 aromatic heterocycles. The van der Waals surface area contributed by atoms with Gasteiger partial charge in [0.2, 0.25) is 0 Å². The predicted octanol–water partition coefficient (Wildman–Crippen LogP) is 4.32. The van der Waals surface area contributed by atoms with Crippen molar-refractivity contribution < 1.29 is 9.90 Å². The summed E-state index contributed by atoms with van der Waals surface area (Å²) in [5.74, 6) is -0.163. The van der Waals surface area contributed by atoms with Gasteiger partial charge in [0.05, 0.1) is 10.9 Å². The Labute approximate surface area is 143 Å². The summed E-state index contributed by atoms with van der Waals surface area (Å²) in [6, 6.07) is 5.09. The van der Waals surface area contributed by atoms with E-state index >= 15 is 0 Å². The summed E-state index contributed by atoms with van der Waals surface area (Å²) in [4.78, 5) is 22.5. The molecule has 122 valence electrons. The minimum Gasteiger partial charge on any atom is -0.478 e. The highest BCUT2D eigenvalue weighted by molar-refractivity contribution is 7.19. The number of carbonyl (C=O) groups is 1. The van der Waals surface area contributed by atoms with Gasteiger partial charge in [0.1, 0.15) is 17.0 Å². The van der Waals surface area contributed by atoms with Crippen molar-refractivity contribution in [2.75, 3.05) is 5.32 Å². The van der Waals surface area contributed by atoms with E-state index in [2.05, 4.69) is 15.3 Å². The molecule has 1 aliphatic carbocycles. The SMILES string of the molecule is Cc1ccc(C(=O)O)cc1Nc1ncnc2sc3c(c12)CCCC3. The second-order valence-electron chi connectivity index (χ2n) is 6.07. The van der Waals surface area contributed by atoms with Crippen molar-refractivity contribution in [2.45, 2.75) is 32.6 Å². The number of aryl methyl sites for hydroxylation is 3. The Morgan fingerprint density at radius 3 is 2.92 bits per heavy atom. The molecule has 0 fully saturated rings. The Kier molecular flexibility index (Phi) is 3.69. The first-order valence-electron chi connectivity index (χ1n) is 7.99. The van der Waals surface area contributed by atoms with Crippen molar-refractivity contribution in [1.29, 1.82) is 0 Å². The van der Waals surface area contributed by atoms with E-state index < -0.39 is 5.97 Å². The number of rotatable bonds is 3. The second-order valence-corrected chi connectivity index (χ2v) is 7.16. The van der Waals surface area contributed by atoms with Crippen LogP contribution in [0.3, 0.4) is 0 Å². The van der Waals surface area contributed by atoms with Crippen LogP contribution in [0, 0.1) is 6.92 Å². The number of nitrogens with zero attached hydrogens (tertiary/aromatic N) is 2. The number of benzene rings is 1. The zero-order valence-electron chi connectivity index (χ0n) is 13.3. The molecule has 2 heterocycles. The lowest BCUT2D eigenvalue weighted by Gasteiger charge is -2.13. The maximum Gasteiger partial charge on any atom is 0.335 e. The molecule has 0 aliphatic heterocycles. The molecule has 24 heavy (non-hydrogen) atoms. The highest BCUT2D eigenvalue weighted by Gasteiger charge is 2.20. The van der Waals surface area contributed by atoms with E-state index in [9.17, 15) is 9.90 Å². The summed E-state index contributed by atoms with van der Waals surface area (Å²) >= 11 is 1.75. The third-order valence-electron chi connectivity index (χ3n) is 4.49. The van der Waals surface area contributed by atoms with Gasteiger partial charge < -0.3 is 10.4 Å². The Morgan fingerprint density at radius 1 is 1.25 bits per heavy atom. The third kappa shape index (κ3) is 2.53. The van der Waals surface area contributed by atoms with E-state index in [0.717, 1.165) is 40.1 Å². The molecule has 0 atom stereocenters. The Balaban J connectivity index is 1.82. The standard InChI is InChI=1S/C18H17N3O2S/c1-10-6-7-11(18(22)23)8-13(10)21-16-15-12-4-2-3-5-14(12)24-17(15)20-9-19-16/h6-9H,2-5H2,1H3,(H,22,23)(H,19,20,21). The molecule has 0 bridgehead atoms. The summed E-state index contributed by atoms with van der Waals surface area (Å²) in [5.41, 5.74) is 3.37. The molecule has 0 spiro atoms. The largest absolute Gasteiger partial charge is 0.478 e. The summed E-state index contributed by atoms with van der Waals surface area (Å²) in [6.07, 6.45) is 6.17. The highest BCUT2D eigenvalue weighted by atomic mass is 32.1. The van der Waals surface area contributed by atoms with Gasteiger partial charge in [0, 0.05) is 10.6 Å². The van der Waals surface area contributed by atoms with Gasteiger partial charge >= 0.3 is 5.97 Å². The van der Waals surface area contributed by atoms with Crippen molar-refractivity contribution >= 4 is 39.0 Å². The van der Waals surface area contributed by atoms with Crippen LogP contribution in [0.1, 0.15) is 39.2 Å². The fourth-order valence-electron chi connectivity index (χ4n) is 3.20.